The van der Waals surface area contributed by atoms with Crippen molar-refractivity contribution in [1.82, 2.24) is 10.2 Å². The van der Waals surface area contributed by atoms with Gasteiger partial charge in [-0.1, -0.05) is 29.8 Å². The molecule has 0 spiro atoms. The second-order valence-electron chi connectivity index (χ2n) is 6.46. The molecule has 1 aliphatic heterocycles. The number of carbonyl (C=O) groups excluding carboxylic acids is 3. The molecule has 2 aromatic carbocycles. The van der Waals surface area contributed by atoms with Crippen molar-refractivity contribution < 1.29 is 18.8 Å². The number of carbonyl (C=O) groups is 3. The van der Waals surface area contributed by atoms with Crippen LogP contribution in [0.25, 0.3) is 6.08 Å². The van der Waals surface area contributed by atoms with E-state index in [1.54, 1.807) is 12.1 Å². The van der Waals surface area contributed by atoms with Crippen molar-refractivity contribution in [3.8, 4) is 0 Å². The maximum absolute atomic E-state index is 13.0. The van der Waals surface area contributed by atoms with Gasteiger partial charge in [-0.15, -0.1) is 0 Å². The van der Waals surface area contributed by atoms with E-state index in [0.29, 0.717) is 11.1 Å². The summed E-state index contributed by atoms with van der Waals surface area (Å²) in [7, 11) is 0. The summed E-state index contributed by atoms with van der Waals surface area (Å²) < 4.78 is 13.0. The number of nitrogens with one attached hydrogen (secondary N) is 1. The zero-order valence-electron chi connectivity index (χ0n) is 15.5. The lowest BCUT2D eigenvalue weighted by atomic mass is 10.1. The van der Waals surface area contributed by atoms with Crippen LogP contribution in [0, 0.1) is 19.7 Å². The van der Waals surface area contributed by atoms with Gasteiger partial charge in [0.15, 0.2) is 0 Å². The van der Waals surface area contributed by atoms with Gasteiger partial charge in [0.1, 0.15) is 5.82 Å². The Kier molecular flexibility index (Phi) is 5.94. The normalized spacial score (nSPS) is 15.4. The van der Waals surface area contributed by atoms with Crippen molar-refractivity contribution in [2.24, 2.45) is 0 Å². The molecule has 0 bridgehead atoms. The van der Waals surface area contributed by atoms with Crippen LogP contribution in [-0.2, 0) is 4.79 Å². The molecular formula is C21H19FN2O3S. The number of amides is 3. The van der Waals surface area contributed by atoms with Crippen molar-refractivity contribution in [3.05, 3.63) is 75.4 Å². The molecule has 0 aromatic heterocycles. The molecule has 144 valence electrons. The fourth-order valence-corrected chi connectivity index (χ4v) is 3.63. The third-order valence-electron chi connectivity index (χ3n) is 4.30. The third-order valence-corrected chi connectivity index (χ3v) is 5.21. The molecule has 0 aliphatic carbocycles. The fourth-order valence-electron chi connectivity index (χ4n) is 2.76. The number of rotatable bonds is 5. The Hall–Kier alpha value is -2.93. The van der Waals surface area contributed by atoms with Crippen LogP contribution in [0.3, 0.4) is 0 Å². The van der Waals surface area contributed by atoms with E-state index in [9.17, 15) is 18.8 Å². The molecule has 0 radical (unpaired) electrons. The summed E-state index contributed by atoms with van der Waals surface area (Å²) in [4.78, 5) is 38.3. The average Bonchev–Trinajstić information content (AvgIpc) is 2.92. The fraction of sp³-hybridized carbons (Fsp3) is 0.190. The van der Waals surface area contributed by atoms with E-state index in [1.807, 2.05) is 26.0 Å². The number of hydrogen-bond donors (Lipinski definition) is 1. The van der Waals surface area contributed by atoms with E-state index < -0.39 is 5.91 Å². The quantitative estimate of drug-likeness (QED) is 0.776. The lowest BCUT2D eigenvalue weighted by Crippen LogP contribution is -2.37. The minimum Gasteiger partial charge on any atom is -0.350 e. The molecule has 28 heavy (non-hydrogen) atoms. The van der Waals surface area contributed by atoms with Gasteiger partial charge in [-0.25, -0.2) is 4.39 Å². The highest BCUT2D eigenvalue weighted by molar-refractivity contribution is 8.18. The first kappa shape index (κ1) is 19.8. The molecule has 1 aliphatic rings. The van der Waals surface area contributed by atoms with Crippen LogP contribution in [0.2, 0.25) is 0 Å². The standard InChI is InChI=1S/C21H19FN2O3S/c1-13-3-4-14(2)17(11-13)19(25)23-9-10-24-20(26)18(28-21(24)27)12-15-5-7-16(22)8-6-15/h3-8,11-12H,9-10H2,1-2H3,(H,23,25)/b18-12-. The lowest BCUT2D eigenvalue weighted by Gasteiger charge is -2.13. The largest absolute Gasteiger partial charge is 0.350 e. The van der Waals surface area contributed by atoms with Crippen molar-refractivity contribution in [2.45, 2.75) is 13.8 Å². The summed E-state index contributed by atoms with van der Waals surface area (Å²) in [6.07, 6.45) is 1.55. The summed E-state index contributed by atoms with van der Waals surface area (Å²) >= 11 is 0.833. The Morgan fingerprint density at radius 3 is 2.57 bits per heavy atom. The molecule has 7 heteroatoms. The zero-order chi connectivity index (χ0) is 20.3. The van der Waals surface area contributed by atoms with Gasteiger partial charge in [-0.05, 0) is 61.0 Å². The molecule has 3 amide bonds. The monoisotopic (exact) mass is 398 g/mol. The Bertz CT molecular complexity index is 970. The van der Waals surface area contributed by atoms with E-state index in [-0.39, 0.29) is 35.0 Å². The van der Waals surface area contributed by atoms with Gasteiger partial charge in [0, 0.05) is 18.7 Å². The summed E-state index contributed by atoms with van der Waals surface area (Å²) in [6.45, 7) is 4.01. The topological polar surface area (TPSA) is 66.5 Å². The summed E-state index contributed by atoms with van der Waals surface area (Å²) in [5.41, 5.74) is 3.05. The Balaban J connectivity index is 1.61. The first-order valence-corrected chi connectivity index (χ1v) is 9.53. The number of imide groups is 1. The minimum atomic E-state index is -0.416. The summed E-state index contributed by atoms with van der Waals surface area (Å²) in [5.74, 6) is -1.03. The van der Waals surface area contributed by atoms with Gasteiger partial charge in [0.25, 0.3) is 17.1 Å². The number of hydrogen-bond acceptors (Lipinski definition) is 4. The van der Waals surface area contributed by atoms with Crippen LogP contribution in [0.15, 0.2) is 47.4 Å². The first-order valence-electron chi connectivity index (χ1n) is 8.71. The highest BCUT2D eigenvalue weighted by Crippen LogP contribution is 2.31. The van der Waals surface area contributed by atoms with E-state index in [0.717, 1.165) is 27.8 Å². The van der Waals surface area contributed by atoms with Gasteiger partial charge in [-0.2, -0.15) is 0 Å². The van der Waals surface area contributed by atoms with Crippen LogP contribution in [0.1, 0.15) is 27.0 Å². The predicted molar refractivity (Wildman–Crippen MR) is 107 cm³/mol. The predicted octanol–water partition coefficient (Wildman–Crippen LogP) is 3.91. The smallest absolute Gasteiger partial charge is 0.293 e. The molecule has 5 nitrogen and oxygen atoms in total. The van der Waals surface area contributed by atoms with E-state index >= 15 is 0 Å². The summed E-state index contributed by atoms with van der Waals surface area (Å²) in [6, 6.07) is 11.3. The zero-order valence-corrected chi connectivity index (χ0v) is 16.3. The van der Waals surface area contributed by atoms with Crippen molar-refractivity contribution in [1.29, 1.82) is 0 Å². The van der Waals surface area contributed by atoms with Gasteiger partial charge in [-0.3, -0.25) is 19.3 Å². The highest BCUT2D eigenvalue weighted by Gasteiger charge is 2.34. The van der Waals surface area contributed by atoms with Crippen LogP contribution in [0.5, 0.6) is 0 Å². The molecule has 1 heterocycles. The van der Waals surface area contributed by atoms with Gasteiger partial charge in [0.2, 0.25) is 0 Å². The van der Waals surface area contributed by atoms with Crippen LogP contribution in [0.4, 0.5) is 9.18 Å². The lowest BCUT2D eigenvalue weighted by molar-refractivity contribution is -0.122. The molecule has 0 saturated carbocycles. The second-order valence-corrected chi connectivity index (χ2v) is 7.45. The third kappa shape index (κ3) is 4.48. The van der Waals surface area contributed by atoms with Crippen LogP contribution < -0.4 is 5.32 Å². The molecule has 1 saturated heterocycles. The Labute approximate surface area is 166 Å². The van der Waals surface area contributed by atoms with E-state index in [1.165, 1.54) is 24.3 Å². The minimum absolute atomic E-state index is 0.0853. The van der Waals surface area contributed by atoms with Crippen molar-refractivity contribution >= 4 is 34.9 Å². The molecule has 1 fully saturated rings. The molecular weight excluding hydrogens is 379 g/mol. The number of halogens is 1. The van der Waals surface area contributed by atoms with Crippen LogP contribution >= 0.6 is 11.8 Å². The van der Waals surface area contributed by atoms with Crippen molar-refractivity contribution in [2.75, 3.05) is 13.1 Å². The van der Waals surface area contributed by atoms with Crippen molar-refractivity contribution in [3.63, 3.8) is 0 Å². The molecule has 0 atom stereocenters. The number of benzene rings is 2. The van der Waals surface area contributed by atoms with Gasteiger partial charge in [0.05, 0.1) is 4.91 Å². The molecule has 3 rings (SSSR count). The average molecular weight is 398 g/mol. The molecule has 0 unspecified atom stereocenters. The van der Waals surface area contributed by atoms with Gasteiger partial charge >= 0.3 is 0 Å². The first-order chi connectivity index (χ1) is 13.3. The highest BCUT2D eigenvalue weighted by atomic mass is 32.2. The Morgan fingerprint density at radius 2 is 1.86 bits per heavy atom. The number of thioether (sulfide) groups is 1. The van der Waals surface area contributed by atoms with E-state index in [4.69, 9.17) is 0 Å². The van der Waals surface area contributed by atoms with E-state index in [2.05, 4.69) is 5.32 Å². The second kappa shape index (κ2) is 8.39. The van der Waals surface area contributed by atoms with Gasteiger partial charge < -0.3 is 5.32 Å². The summed E-state index contributed by atoms with van der Waals surface area (Å²) in [5, 5.41) is 2.36. The SMILES string of the molecule is Cc1ccc(C)c(C(=O)NCCN2C(=O)S/C(=C\c3ccc(F)cc3)C2=O)c1. The number of nitrogens with zero attached hydrogens (tertiary/aromatic N) is 1. The molecule has 2 aromatic rings. The number of aryl methyl sites for hydroxylation is 2. The Morgan fingerprint density at radius 1 is 1.14 bits per heavy atom. The maximum Gasteiger partial charge on any atom is 0.293 e. The maximum atomic E-state index is 13.0. The van der Waals surface area contributed by atoms with Crippen LogP contribution in [-0.4, -0.2) is 35.0 Å². The molecule has 1 N–H and O–H groups in total.